The second-order valence-electron chi connectivity index (χ2n) is 2.68. The second-order valence-corrected chi connectivity index (χ2v) is 2.68. The number of halogens is 4. The van der Waals surface area contributed by atoms with Crippen LogP contribution in [0.5, 0.6) is 5.75 Å². The van der Waals surface area contributed by atoms with Crippen molar-refractivity contribution < 1.29 is 27.1 Å². The van der Waals surface area contributed by atoms with Crippen LogP contribution in [0.25, 0.3) is 0 Å². The van der Waals surface area contributed by atoms with Crippen LogP contribution in [0.2, 0.25) is 0 Å². The number of carbonyl (C=O) groups is 1. The summed E-state index contributed by atoms with van der Waals surface area (Å²) in [4.78, 5) is 10.4. The molecule has 0 radical (unpaired) electrons. The molecule has 2 amide bonds. The van der Waals surface area contributed by atoms with Crippen molar-refractivity contribution in [2.45, 2.75) is 6.36 Å². The smallest absolute Gasteiger partial charge is 0.403 e. The zero-order valence-electron chi connectivity index (χ0n) is 7.64. The summed E-state index contributed by atoms with van der Waals surface area (Å²) in [6.07, 6.45) is -4.97. The van der Waals surface area contributed by atoms with Crippen molar-refractivity contribution in [2.24, 2.45) is 5.73 Å². The van der Waals surface area contributed by atoms with Crippen molar-refractivity contribution in [3.63, 3.8) is 0 Å². The number of carbonyl (C=O) groups excluding carboxylic acids is 1. The minimum atomic E-state index is -4.97. The monoisotopic (exact) mass is 238 g/mol. The van der Waals surface area contributed by atoms with E-state index in [4.69, 9.17) is 5.73 Å². The molecule has 0 atom stereocenters. The lowest BCUT2D eigenvalue weighted by Gasteiger charge is -2.10. The molecule has 3 N–H and O–H groups in total. The lowest BCUT2D eigenvalue weighted by molar-refractivity contribution is -0.275. The van der Waals surface area contributed by atoms with Gasteiger partial charge in [-0.1, -0.05) is 0 Å². The number of urea groups is 1. The minimum Gasteiger partial charge on any atom is -0.403 e. The van der Waals surface area contributed by atoms with Gasteiger partial charge in [-0.05, 0) is 12.1 Å². The number of ether oxygens (including phenoxy) is 1. The van der Waals surface area contributed by atoms with Crippen molar-refractivity contribution in [1.29, 1.82) is 0 Å². The van der Waals surface area contributed by atoms with Crippen LogP contribution in [0.4, 0.5) is 28.0 Å². The SMILES string of the molecule is NC(=O)Nc1ccc(OC(F)(F)F)c(F)c1. The van der Waals surface area contributed by atoms with Crippen LogP contribution in [-0.2, 0) is 0 Å². The van der Waals surface area contributed by atoms with Crippen LogP contribution in [0.1, 0.15) is 0 Å². The topological polar surface area (TPSA) is 64.4 Å². The quantitative estimate of drug-likeness (QED) is 0.776. The number of rotatable bonds is 2. The van der Waals surface area contributed by atoms with Crippen LogP contribution >= 0.6 is 0 Å². The van der Waals surface area contributed by atoms with E-state index in [0.717, 1.165) is 12.1 Å². The fraction of sp³-hybridized carbons (Fsp3) is 0.125. The van der Waals surface area contributed by atoms with Gasteiger partial charge in [0.2, 0.25) is 0 Å². The predicted octanol–water partition coefficient (Wildman–Crippen LogP) is 2.21. The molecule has 0 spiro atoms. The van der Waals surface area contributed by atoms with Crippen LogP contribution in [0.15, 0.2) is 18.2 Å². The molecule has 0 unspecified atom stereocenters. The molecule has 1 aromatic rings. The van der Waals surface area contributed by atoms with Crippen molar-refractivity contribution in [1.82, 2.24) is 0 Å². The number of nitrogens with two attached hydrogens (primary N) is 1. The van der Waals surface area contributed by atoms with E-state index in [1.165, 1.54) is 0 Å². The summed E-state index contributed by atoms with van der Waals surface area (Å²) in [6, 6.07) is 1.46. The number of nitrogens with one attached hydrogen (secondary N) is 1. The fourth-order valence-corrected chi connectivity index (χ4v) is 0.928. The summed E-state index contributed by atoms with van der Waals surface area (Å²) in [5.74, 6) is -2.24. The first-order valence-electron chi connectivity index (χ1n) is 3.90. The molecular formula is C8H6F4N2O2. The number of anilines is 1. The molecule has 4 nitrogen and oxygen atoms in total. The molecule has 0 aromatic heterocycles. The number of amides is 2. The van der Waals surface area contributed by atoms with Gasteiger partial charge in [0, 0.05) is 11.8 Å². The predicted molar refractivity (Wildman–Crippen MR) is 46.3 cm³/mol. The summed E-state index contributed by atoms with van der Waals surface area (Å²) < 4.78 is 51.6. The number of primary amides is 1. The maximum atomic E-state index is 13.0. The van der Waals surface area contributed by atoms with Crippen LogP contribution in [0.3, 0.4) is 0 Å². The van der Waals surface area contributed by atoms with Crippen LogP contribution in [0, 0.1) is 5.82 Å². The third kappa shape index (κ3) is 3.64. The Morgan fingerprint density at radius 3 is 2.44 bits per heavy atom. The van der Waals surface area contributed by atoms with Crippen molar-refractivity contribution in [2.75, 3.05) is 5.32 Å². The molecule has 1 rings (SSSR count). The highest BCUT2D eigenvalue weighted by atomic mass is 19.4. The summed E-state index contributed by atoms with van der Waals surface area (Å²) in [7, 11) is 0. The number of benzene rings is 1. The first kappa shape index (κ1) is 12.1. The molecule has 0 saturated heterocycles. The maximum Gasteiger partial charge on any atom is 0.573 e. The molecule has 0 bridgehead atoms. The van der Waals surface area contributed by atoms with E-state index < -0.39 is 24.0 Å². The largest absolute Gasteiger partial charge is 0.573 e. The number of alkyl halides is 3. The maximum absolute atomic E-state index is 13.0. The number of hydrogen-bond acceptors (Lipinski definition) is 2. The van der Waals surface area contributed by atoms with Gasteiger partial charge in [-0.3, -0.25) is 0 Å². The Kier molecular flexibility index (Phi) is 3.21. The Hall–Kier alpha value is -1.99. The van der Waals surface area contributed by atoms with Crippen LogP contribution in [-0.4, -0.2) is 12.4 Å². The van der Waals surface area contributed by atoms with Gasteiger partial charge < -0.3 is 15.8 Å². The van der Waals surface area contributed by atoms with E-state index in [0.29, 0.717) is 6.07 Å². The van der Waals surface area contributed by atoms with Crippen molar-refractivity contribution in [3.05, 3.63) is 24.0 Å². The highest BCUT2D eigenvalue weighted by Crippen LogP contribution is 2.27. The Morgan fingerprint density at radius 1 is 1.38 bits per heavy atom. The molecule has 0 aliphatic carbocycles. The summed E-state index contributed by atoms with van der Waals surface area (Å²) in [6.45, 7) is 0. The zero-order valence-corrected chi connectivity index (χ0v) is 7.64. The van der Waals surface area contributed by atoms with Gasteiger partial charge in [0.25, 0.3) is 0 Å². The summed E-state index contributed by atoms with van der Waals surface area (Å²) in [5, 5.41) is 2.00. The standard InChI is InChI=1S/C8H6F4N2O2/c9-5-3-4(14-7(13)15)1-2-6(5)16-8(10,11)12/h1-3H,(H3,13,14,15). The molecular weight excluding hydrogens is 232 g/mol. The van der Waals surface area contributed by atoms with Crippen molar-refractivity contribution >= 4 is 11.7 Å². The van der Waals surface area contributed by atoms with Gasteiger partial charge in [0.15, 0.2) is 11.6 Å². The molecule has 0 fully saturated rings. The van der Waals surface area contributed by atoms with Gasteiger partial charge >= 0.3 is 12.4 Å². The highest BCUT2D eigenvalue weighted by molar-refractivity contribution is 5.87. The number of hydrogen-bond donors (Lipinski definition) is 2. The lowest BCUT2D eigenvalue weighted by Crippen LogP contribution is -2.20. The third-order valence-corrected chi connectivity index (χ3v) is 1.43. The Labute approximate surface area is 87.0 Å². The van der Waals surface area contributed by atoms with E-state index in [9.17, 15) is 22.4 Å². The van der Waals surface area contributed by atoms with Gasteiger partial charge in [-0.25, -0.2) is 9.18 Å². The third-order valence-electron chi connectivity index (χ3n) is 1.43. The van der Waals surface area contributed by atoms with Crippen molar-refractivity contribution in [3.8, 4) is 5.75 Å². The van der Waals surface area contributed by atoms with E-state index >= 15 is 0 Å². The van der Waals surface area contributed by atoms with Gasteiger partial charge in [0.05, 0.1) is 0 Å². The fourth-order valence-electron chi connectivity index (χ4n) is 0.928. The van der Waals surface area contributed by atoms with Gasteiger partial charge in [-0.15, -0.1) is 13.2 Å². The molecule has 0 saturated carbocycles. The molecule has 0 heterocycles. The Morgan fingerprint density at radius 2 is 2.00 bits per heavy atom. The molecule has 0 aliphatic heterocycles. The van der Waals surface area contributed by atoms with E-state index in [-0.39, 0.29) is 5.69 Å². The zero-order chi connectivity index (χ0) is 12.3. The van der Waals surface area contributed by atoms with Gasteiger partial charge in [0.1, 0.15) is 0 Å². The molecule has 8 heteroatoms. The highest BCUT2D eigenvalue weighted by Gasteiger charge is 2.32. The first-order valence-corrected chi connectivity index (χ1v) is 3.90. The van der Waals surface area contributed by atoms with E-state index in [1.807, 2.05) is 5.32 Å². The summed E-state index contributed by atoms with van der Waals surface area (Å²) in [5.41, 5.74) is 4.66. The Balaban J connectivity index is 2.87. The van der Waals surface area contributed by atoms with Gasteiger partial charge in [-0.2, -0.15) is 0 Å². The van der Waals surface area contributed by atoms with E-state index in [1.54, 1.807) is 0 Å². The first-order chi connectivity index (χ1) is 7.28. The summed E-state index contributed by atoms with van der Waals surface area (Å²) >= 11 is 0. The lowest BCUT2D eigenvalue weighted by atomic mass is 10.3. The normalized spacial score (nSPS) is 11.0. The van der Waals surface area contributed by atoms with Crippen LogP contribution < -0.4 is 15.8 Å². The minimum absolute atomic E-state index is 0.0699. The molecule has 16 heavy (non-hydrogen) atoms. The average Bonchev–Trinajstić information content (AvgIpc) is 2.06. The second kappa shape index (κ2) is 4.25. The Bertz CT molecular complexity index is 406. The molecule has 0 aliphatic rings. The van der Waals surface area contributed by atoms with E-state index in [2.05, 4.69) is 4.74 Å². The average molecular weight is 238 g/mol. The molecule has 88 valence electrons. The molecule has 1 aromatic carbocycles.